The highest BCUT2D eigenvalue weighted by Crippen LogP contribution is 2.06. The third-order valence-electron chi connectivity index (χ3n) is 2.81. The van der Waals surface area contributed by atoms with Crippen LogP contribution in [0.4, 0.5) is 0 Å². The molecule has 1 aromatic carbocycles. The number of nitrogens with two attached hydrogens (primary N) is 1. The van der Waals surface area contributed by atoms with Crippen LogP contribution in [-0.2, 0) is 6.54 Å². The second kappa shape index (κ2) is 5.66. The summed E-state index contributed by atoms with van der Waals surface area (Å²) >= 11 is 0. The van der Waals surface area contributed by atoms with Gasteiger partial charge in [-0.05, 0) is 30.5 Å². The quantitative estimate of drug-likeness (QED) is 0.814. The van der Waals surface area contributed by atoms with Gasteiger partial charge in [0.25, 0.3) is 5.91 Å². The van der Waals surface area contributed by atoms with Crippen LogP contribution in [0.5, 0.6) is 0 Å². The monoisotopic (exact) mass is 220 g/mol. The van der Waals surface area contributed by atoms with Gasteiger partial charge in [-0.3, -0.25) is 4.79 Å². The minimum Gasteiger partial charge on any atom is -0.349 e. The number of nitrogens with one attached hydrogen (secondary N) is 1. The molecule has 0 bridgehead atoms. The van der Waals surface area contributed by atoms with E-state index >= 15 is 0 Å². The first-order valence-electron chi connectivity index (χ1n) is 5.64. The summed E-state index contributed by atoms with van der Waals surface area (Å²) in [5, 5.41) is 2.96. The van der Waals surface area contributed by atoms with Gasteiger partial charge in [-0.25, -0.2) is 0 Å². The number of hydrogen-bond acceptors (Lipinski definition) is 2. The average Bonchev–Trinajstić information content (AvgIpc) is 2.28. The van der Waals surface area contributed by atoms with Gasteiger partial charge in [0.2, 0.25) is 0 Å². The Morgan fingerprint density at radius 1 is 1.25 bits per heavy atom. The van der Waals surface area contributed by atoms with Crippen LogP contribution in [0.15, 0.2) is 24.3 Å². The predicted octanol–water partition coefficient (Wildman–Crippen LogP) is 1.92. The van der Waals surface area contributed by atoms with Gasteiger partial charge in [0, 0.05) is 18.2 Å². The Balaban J connectivity index is 2.66. The van der Waals surface area contributed by atoms with Crippen molar-refractivity contribution in [1.29, 1.82) is 0 Å². The molecular formula is C13H20N2O. The van der Waals surface area contributed by atoms with Gasteiger partial charge in [0.05, 0.1) is 0 Å². The molecule has 0 aliphatic carbocycles. The molecule has 3 nitrogen and oxygen atoms in total. The minimum absolute atomic E-state index is 0.0234. The number of amides is 1. The molecular weight excluding hydrogens is 200 g/mol. The van der Waals surface area contributed by atoms with E-state index in [1.54, 1.807) is 0 Å². The minimum atomic E-state index is -0.0234. The van der Waals surface area contributed by atoms with E-state index in [1.807, 2.05) is 31.2 Å². The number of benzene rings is 1. The van der Waals surface area contributed by atoms with Crippen LogP contribution in [0.1, 0.15) is 36.7 Å². The van der Waals surface area contributed by atoms with E-state index in [0.29, 0.717) is 18.0 Å². The Labute approximate surface area is 97.0 Å². The highest BCUT2D eigenvalue weighted by Gasteiger charge is 2.11. The first-order valence-corrected chi connectivity index (χ1v) is 5.64. The van der Waals surface area contributed by atoms with Gasteiger partial charge >= 0.3 is 0 Å². The predicted molar refractivity (Wildman–Crippen MR) is 66.1 cm³/mol. The fourth-order valence-corrected chi connectivity index (χ4v) is 1.25. The number of rotatable bonds is 4. The van der Waals surface area contributed by atoms with Crippen molar-refractivity contribution in [2.45, 2.75) is 33.4 Å². The van der Waals surface area contributed by atoms with E-state index < -0.39 is 0 Å². The van der Waals surface area contributed by atoms with Crippen LogP contribution in [0.3, 0.4) is 0 Å². The first kappa shape index (κ1) is 12.7. The van der Waals surface area contributed by atoms with Crippen LogP contribution in [-0.4, -0.2) is 11.9 Å². The van der Waals surface area contributed by atoms with E-state index in [-0.39, 0.29) is 11.9 Å². The van der Waals surface area contributed by atoms with Crippen molar-refractivity contribution in [2.75, 3.05) is 0 Å². The van der Waals surface area contributed by atoms with Crippen LogP contribution in [0.25, 0.3) is 0 Å². The normalized spacial score (nSPS) is 12.6. The summed E-state index contributed by atoms with van der Waals surface area (Å²) in [4.78, 5) is 11.8. The SMILES string of the molecule is CC(C)C(C)NC(=O)c1ccc(CN)cc1. The van der Waals surface area contributed by atoms with Gasteiger partial charge in [0.15, 0.2) is 0 Å². The van der Waals surface area contributed by atoms with E-state index in [2.05, 4.69) is 19.2 Å². The zero-order chi connectivity index (χ0) is 12.1. The topological polar surface area (TPSA) is 55.1 Å². The molecule has 88 valence electrons. The maximum absolute atomic E-state index is 11.8. The standard InChI is InChI=1S/C13H20N2O/c1-9(2)10(3)15-13(16)12-6-4-11(8-14)5-7-12/h4-7,9-10H,8,14H2,1-3H3,(H,15,16). The average molecular weight is 220 g/mol. The molecule has 16 heavy (non-hydrogen) atoms. The highest BCUT2D eigenvalue weighted by molar-refractivity contribution is 5.94. The number of carbonyl (C=O) groups excluding carboxylic acids is 1. The van der Waals surface area contributed by atoms with Crippen molar-refractivity contribution in [3.05, 3.63) is 35.4 Å². The van der Waals surface area contributed by atoms with E-state index in [0.717, 1.165) is 5.56 Å². The summed E-state index contributed by atoms with van der Waals surface area (Å²) < 4.78 is 0. The van der Waals surface area contributed by atoms with Crippen molar-refractivity contribution in [3.8, 4) is 0 Å². The van der Waals surface area contributed by atoms with Crippen molar-refractivity contribution in [2.24, 2.45) is 11.7 Å². The fourth-order valence-electron chi connectivity index (χ4n) is 1.25. The third-order valence-corrected chi connectivity index (χ3v) is 2.81. The molecule has 0 saturated heterocycles. The Morgan fingerprint density at radius 2 is 1.81 bits per heavy atom. The molecule has 3 heteroatoms. The lowest BCUT2D eigenvalue weighted by molar-refractivity contribution is 0.0930. The van der Waals surface area contributed by atoms with E-state index in [1.165, 1.54) is 0 Å². The molecule has 1 aromatic rings. The van der Waals surface area contributed by atoms with Gasteiger partial charge in [-0.1, -0.05) is 26.0 Å². The Hall–Kier alpha value is -1.35. The van der Waals surface area contributed by atoms with Crippen molar-refractivity contribution in [3.63, 3.8) is 0 Å². The van der Waals surface area contributed by atoms with Gasteiger partial charge in [0.1, 0.15) is 0 Å². The molecule has 1 rings (SSSR count). The van der Waals surface area contributed by atoms with Crippen molar-refractivity contribution < 1.29 is 4.79 Å². The van der Waals surface area contributed by atoms with E-state index in [9.17, 15) is 4.79 Å². The van der Waals surface area contributed by atoms with Crippen LogP contribution in [0.2, 0.25) is 0 Å². The summed E-state index contributed by atoms with van der Waals surface area (Å²) in [6, 6.07) is 7.57. The molecule has 0 heterocycles. The summed E-state index contributed by atoms with van der Waals surface area (Å²) in [6.07, 6.45) is 0. The number of carbonyl (C=O) groups is 1. The molecule has 1 amide bonds. The molecule has 0 saturated carbocycles. The lowest BCUT2D eigenvalue weighted by Crippen LogP contribution is -2.36. The Kier molecular flexibility index (Phi) is 4.50. The fraction of sp³-hybridized carbons (Fsp3) is 0.462. The van der Waals surface area contributed by atoms with Crippen LogP contribution in [0, 0.1) is 5.92 Å². The number of hydrogen-bond donors (Lipinski definition) is 2. The summed E-state index contributed by atoms with van der Waals surface area (Å²) in [6.45, 7) is 6.69. The summed E-state index contributed by atoms with van der Waals surface area (Å²) in [5.74, 6) is 0.414. The zero-order valence-corrected chi connectivity index (χ0v) is 10.2. The Bertz CT molecular complexity index is 343. The van der Waals surface area contributed by atoms with Gasteiger partial charge in [-0.15, -0.1) is 0 Å². The molecule has 0 radical (unpaired) electrons. The molecule has 0 fully saturated rings. The smallest absolute Gasteiger partial charge is 0.251 e. The zero-order valence-electron chi connectivity index (χ0n) is 10.2. The largest absolute Gasteiger partial charge is 0.349 e. The highest BCUT2D eigenvalue weighted by atomic mass is 16.1. The second-order valence-electron chi connectivity index (χ2n) is 4.41. The van der Waals surface area contributed by atoms with E-state index in [4.69, 9.17) is 5.73 Å². The second-order valence-corrected chi connectivity index (χ2v) is 4.41. The van der Waals surface area contributed by atoms with Crippen molar-refractivity contribution >= 4 is 5.91 Å². The van der Waals surface area contributed by atoms with Gasteiger partial charge in [-0.2, -0.15) is 0 Å². The molecule has 0 aliphatic rings. The third kappa shape index (κ3) is 3.35. The molecule has 0 aliphatic heterocycles. The molecule has 3 N–H and O–H groups in total. The lowest BCUT2D eigenvalue weighted by Gasteiger charge is -2.17. The molecule has 0 aromatic heterocycles. The maximum atomic E-state index is 11.8. The summed E-state index contributed by atoms with van der Waals surface area (Å²) in [5.41, 5.74) is 7.22. The van der Waals surface area contributed by atoms with Crippen LogP contribution < -0.4 is 11.1 Å². The molecule has 1 atom stereocenters. The maximum Gasteiger partial charge on any atom is 0.251 e. The van der Waals surface area contributed by atoms with Crippen LogP contribution >= 0.6 is 0 Å². The molecule has 0 spiro atoms. The van der Waals surface area contributed by atoms with Crippen molar-refractivity contribution in [1.82, 2.24) is 5.32 Å². The summed E-state index contributed by atoms with van der Waals surface area (Å²) in [7, 11) is 0. The first-order chi connectivity index (χ1) is 7.54. The Morgan fingerprint density at radius 3 is 2.25 bits per heavy atom. The lowest BCUT2D eigenvalue weighted by atomic mass is 10.1. The van der Waals surface area contributed by atoms with Gasteiger partial charge < -0.3 is 11.1 Å². The molecule has 1 unspecified atom stereocenters.